The summed E-state index contributed by atoms with van der Waals surface area (Å²) in [5.41, 5.74) is 2.59. The zero-order chi connectivity index (χ0) is 13.7. The first kappa shape index (κ1) is 12.8. The highest BCUT2D eigenvalue weighted by molar-refractivity contribution is 5.68. The average Bonchev–Trinajstić information content (AvgIpc) is 2.47. The molecular formula is C16H15NO2. The van der Waals surface area contributed by atoms with E-state index in [2.05, 4.69) is 11.2 Å². The minimum Gasteiger partial charge on any atom is -0.493 e. The van der Waals surface area contributed by atoms with Crippen LogP contribution in [0, 0.1) is 12.3 Å². The second kappa shape index (κ2) is 5.83. The molecule has 0 amide bonds. The molecule has 19 heavy (non-hydrogen) atoms. The van der Waals surface area contributed by atoms with E-state index in [4.69, 9.17) is 15.9 Å². The molecule has 1 N–H and O–H groups in total. The number of hydrogen-bond acceptors (Lipinski definition) is 3. The Morgan fingerprint density at radius 3 is 2.42 bits per heavy atom. The van der Waals surface area contributed by atoms with Crippen LogP contribution >= 0.6 is 0 Å². The van der Waals surface area contributed by atoms with Gasteiger partial charge in [-0.2, -0.15) is 0 Å². The Morgan fingerprint density at radius 2 is 1.74 bits per heavy atom. The number of methoxy groups -OCH3 is 2. The van der Waals surface area contributed by atoms with E-state index in [1.165, 1.54) is 0 Å². The van der Waals surface area contributed by atoms with Crippen molar-refractivity contribution >= 4 is 11.4 Å². The zero-order valence-electron chi connectivity index (χ0n) is 10.9. The van der Waals surface area contributed by atoms with Gasteiger partial charge in [-0.05, 0) is 24.3 Å². The van der Waals surface area contributed by atoms with Gasteiger partial charge in [0.1, 0.15) is 0 Å². The van der Waals surface area contributed by atoms with Crippen LogP contribution in [0.15, 0.2) is 42.5 Å². The molecule has 0 spiro atoms. The van der Waals surface area contributed by atoms with E-state index in [9.17, 15) is 0 Å². The largest absolute Gasteiger partial charge is 0.493 e. The third kappa shape index (κ3) is 2.80. The van der Waals surface area contributed by atoms with Crippen molar-refractivity contribution in [2.75, 3.05) is 19.5 Å². The Morgan fingerprint density at radius 1 is 1.00 bits per heavy atom. The molecule has 0 aromatic heterocycles. The molecular weight excluding hydrogens is 238 g/mol. The van der Waals surface area contributed by atoms with Gasteiger partial charge in [0.15, 0.2) is 11.5 Å². The first-order valence-electron chi connectivity index (χ1n) is 5.83. The Labute approximate surface area is 113 Å². The van der Waals surface area contributed by atoms with Crippen LogP contribution in [0.3, 0.4) is 0 Å². The van der Waals surface area contributed by atoms with Crippen molar-refractivity contribution in [2.24, 2.45) is 0 Å². The second-order valence-electron chi connectivity index (χ2n) is 3.88. The molecule has 96 valence electrons. The lowest BCUT2D eigenvalue weighted by atomic mass is 10.1. The van der Waals surface area contributed by atoms with Crippen molar-refractivity contribution in [2.45, 2.75) is 0 Å². The molecule has 2 rings (SSSR count). The van der Waals surface area contributed by atoms with Crippen LogP contribution in [0.1, 0.15) is 5.56 Å². The van der Waals surface area contributed by atoms with Gasteiger partial charge in [-0.3, -0.25) is 0 Å². The number of anilines is 2. The van der Waals surface area contributed by atoms with Gasteiger partial charge in [-0.1, -0.05) is 18.1 Å². The fourth-order valence-corrected chi connectivity index (χ4v) is 1.79. The Balaban J connectivity index is 2.31. The quantitative estimate of drug-likeness (QED) is 0.847. The van der Waals surface area contributed by atoms with E-state index in [-0.39, 0.29) is 0 Å². The first-order chi connectivity index (χ1) is 9.28. The van der Waals surface area contributed by atoms with Crippen LogP contribution < -0.4 is 14.8 Å². The van der Waals surface area contributed by atoms with Gasteiger partial charge in [0.05, 0.1) is 19.9 Å². The number of para-hydroxylation sites is 1. The minimum absolute atomic E-state index is 0.672. The van der Waals surface area contributed by atoms with Crippen molar-refractivity contribution in [3.05, 3.63) is 48.0 Å². The summed E-state index contributed by atoms with van der Waals surface area (Å²) in [6.07, 6.45) is 5.47. The van der Waals surface area contributed by atoms with Gasteiger partial charge >= 0.3 is 0 Å². The van der Waals surface area contributed by atoms with Gasteiger partial charge in [0.2, 0.25) is 0 Å². The highest BCUT2D eigenvalue weighted by Gasteiger charge is 2.05. The molecule has 0 aliphatic heterocycles. The first-order valence-corrected chi connectivity index (χ1v) is 5.83. The Kier molecular flexibility index (Phi) is 3.94. The summed E-state index contributed by atoms with van der Waals surface area (Å²) in [4.78, 5) is 0. The lowest BCUT2D eigenvalue weighted by Crippen LogP contribution is -1.95. The van der Waals surface area contributed by atoms with Crippen molar-refractivity contribution in [1.82, 2.24) is 0 Å². The average molecular weight is 253 g/mol. The summed E-state index contributed by atoms with van der Waals surface area (Å²) in [5, 5.41) is 3.27. The van der Waals surface area contributed by atoms with E-state index in [0.717, 1.165) is 16.9 Å². The third-order valence-corrected chi connectivity index (χ3v) is 2.75. The maximum atomic E-state index is 5.47. The number of terminal acetylenes is 1. The molecule has 0 unspecified atom stereocenters. The van der Waals surface area contributed by atoms with Crippen LogP contribution in [0.5, 0.6) is 11.5 Å². The highest BCUT2D eigenvalue weighted by Crippen LogP contribution is 2.31. The van der Waals surface area contributed by atoms with E-state index in [1.807, 2.05) is 42.5 Å². The number of ether oxygens (including phenoxy) is 2. The zero-order valence-corrected chi connectivity index (χ0v) is 10.9. The number of nitrogens with one attached hydrogen (secondary N) is 1. The molecule has 0 atom stereocenters. The lowest BCUT2D eigenvalue weighted by Gasteiger charge is -2.12. The van der Waals surface area contributed by atoms with Gasteiger partial charge < -0.3 is 14.8 Å². The molecule has 0 fully saturated rings. The van der Waals surface area contributed by atoms with Crippen molar-refractivity contribution in [3.8, 4) is 23.8 Å². The predicted octanol–water partition coefficient (Wildman–Crippen LogP) is 3.43. The molecule has 0 radical (unpaired) electrons. The van der Waals surface area contributed by atoms with Crippen molar-refractivity contribution in [3.63, 3.8) is 0 Å². The van der Waals surface area contributed by atoms with Crippen LogP contribution in [0.4, 0.5) is 11.4 Å². The summed E-state index contributed by atoms with van der Waals surface area (Å²) in [6.45, 7) is 0. The molecule has 3 nitrogen and oxygen atoms in total. The van der Waals surface area contributed by atoms with Crippen molar-refractivity contribution in [1.29, 1.82) is 0 Å². The second-order valence-corrected chi connectivity index (χ2v) is 3.88. The molecule has 2 aromatic rings. The fraction of sp³-hybridized carbons (Fsp3) is 0.125. The van der Waals surface area contributed by atoms with E-state index in [0.29, 0.717) is 11.5 Å². The monoisotopic (exact) mass is 253 g/mol. The maximum absolute atomic E-state index is 5.47. The fourth-order valence-electron chi connectivity index (χ4n) is 1.79. The topological polar surface area (TPSA) is 30.5 Å². The third-order valence-electron chi connectivity index (χ3n) is 2.75. The van der Waals surface area contributed by atoms with Gasteiger partial charge in [-0.25, -0.2) is 0 Å². The summed E-state index contributed by atoms with van der Waals surface area (Å²) >= 11 is 0. The Hall–Kier alpha value is -2.60. The molecule has 2 aromatic carbocycles. The van der Waals surface area contributed by atoms with E-state index >= 15 is 0 Å². The van der Waals surface area contributed by atoms with Crippen LogP contribution in [0.2, 0.25) is 0 Å². The van der Waals surface area contributed by atoms with E-state index < -0.39 is 0 Å². The standard InChI is InChI=1S/C16H15NO2/c1-4-12-7-5-6-8-14(12)17-13-9-10-15(18-2)16(11-13)19-3/h1,5-11,17H,2-3H3. The van der Waals surface area contributed by atoms with Crippen molar-refractivity contribution < 1.29 is 9.47 Å². The van der Waals surface area contributed by atoms with Gasteiger partial charge in [0.25, 0.3) is 0 Å². The predicted molar refractivity (Wildman–Crippen MR) is 77.2 cm³/mol. The highest BCUT2D eigenvalue weighted by atomic mass is 16.5. The SMILES string of the molecule is C#Cc1ccccc1Nc1ccc(OC)c(OC)c1. The molecule has 0 aliphatic rings. The van der Waals surface area contributed by atoms with Crippen LogP contribution in [-0.4, -0.2) is 14.2 Å². The summed E-state index contributed by atoms with van der Waals surface area (Å²) in [7, 11) is 3.22. The summed E-state index contributed by atoms with van der Waals surface area (Å²) < 4.78 is 10.5. The molecule has 0 heterocycles. The summed E-state index contributed by atoms with van der Waals surface area (Å²) in [5.74, 6) is 4.01. The maximum Gasteiger partial charge on any atom is 0.162 e. The van der Waals surface area contributed by atoms with Crippen LogP contribution in [0.25, 0.3) is 0 Å². The van der Waals surface area contributed by atoms with E-state index in [1.54, 1.807) is 14.2 Å². The smallest absolute Gasteiger partial charge is 0.162 e. The Bertz CT molecular complexity index is 614. The lowest BCUT2D eigenvalue weighted by molar-refractivity contribution is 0.355. The number of rotatable bonds is 4. The summed E-state index contributed by atoms with van der Waals surface area (Å²) in [6, 6.07) is 13.3. The molecule has 0 bridgehead atoms. The molecule has 0 saturated carbocycles. The molecule has 0 saturated heterocycles. The number of benzene rings is 2. The molecule has 3 heteroatoms. The number of hydrogen-bond donors (Lipinski definition) is 1. The minimum atomic E-state index is 0.672. The van der Waals surface area contributed by atoms with Gasteiger partial charge in [-0.15, -0.1) is 6.42 Å². The normalized spacial score (nSPS) is 9.53. The molecule has 0 aliphatic carbocycles. The van der Waals surface area contributed by atoms with Crippen LogP contribution in [-0.2, 0) is 0 Å². The van der Waals surface area contributed by atoms with Gasteiger partial charge in [0, 0.05) is 17.3 Å².